The van der Waals surface area contributed by atoms with E-state index in [9.17, 15) is 9.00 Å². The summed E-state index contributed by atoms with van der Waals surface area (Å²) < 4.78 is 24.8. The number of methoxy groups -OCH3 is 1. The third kappa shape index (κ3) is 3.21. The highest BCUT2D eigenvalue weighted by Crippen LogP contribution is 2.32. The van der Waals surface area contributed by atoms with Crippen LogP contribution in [0.3, 0.4) is 0 Å². The minimum absolute atomic E-state index is 0.0926. The van der Waals surface area contributed by atoms with Crippen LogP contribution in [0.1, 0.15) is 11.4 Å². The number of rotatable bonds is 5. The van der Waals surface area contributed by atoms with E-state index < -0.39 is 10.8 Å². The normalized spacial score (nSPS) is 12.5. The molecule has 5 aromatic rings. The second kappa shape index (κ2) is 7.76. The van der Waals surface area contributed by atoms with E-state index in [0.717, 1.165) is 16.8 Å². The molecule has 32 heavy (non-hydrogen) atoms. The number of aromatic nitrogens is 4. The monoisotopic (exact) mass is 448 g/mol. The first-order valence-corrected chi connectivity index (χ1v) is 11.6. The standard InChI is InChI=1S/C23H20N4O4S/c1-13-18(14-8-5-4-6-9-14)21-24-15(12-32(3)29)19(23(28)27(21)26-13)22-25-20-16(30-2)10-7-11-17(20)31-22/h4-11,26H,12H2,1-3H3. The third-order valence-electron chi connectivity index (χ3n) is 5.25. The zero-order chi connectivity index (χ0) is 22.4. The molecule has 8 nitrogen and oxygen atoms in total. The number of aromatic amines is 1. The number of nitrogens with one attached hydrogen (secondary N) is 1. The Bertz CT molecular complexity index is 1550. The number of H-pyrrole nitrogens is 1. The lowest BCUT2D eigenvalue weighted by Gasteiger charge is -2.06. The van der Waals surface area contributed by atoms with E-state index in [1.165, 1.54) is 4.52 Å². The van der Waals surface area contributed by atoms with Crippen molar-refractivity contribution < 1.29 is 13.4 Å². The Hall–Kier alpha value is -3.72. The highest BCUT2D eigenvalue weighted by molar-refractivity contribution is 7.83. The molecule has 162 valence electrons. The van der Waals surface area contributed by atoms with Gasteiger partial charge in [0.1, 0.15) is 11.3 Å². The summed E-state index contributed by atoms with van der Waals surface area (Å²) >= 11 is 0. The van der Waals surface area contributed by atoms with Crippen LogP contribution in [0, 0.1) is 6.92 Å². The van der Waals surface area contributed by atoms with Crippen LogP contribution in [-0.4, -0.2) is 37.2 Å². The van der Waals surface area contributed by atoms with E-state index >= 15 is 0 Å². The second-order valence-corrected chi connectivity index (χ2v) is 8.85. The zero-order valence-electron chi connectivity index (χ0n) is 17.7. The Balaban J connectivity index is 1.83. The third-order valence-corrected chi connectivity index (χ3v) is 5.93. The number of ether oxygens (including phenoxy) is 1. The Morgan fingerprint density at radius 1 is 1.09 bits per heavy atom. The van der Waals surface area contributed by atoms with Crippen LogP contribution < -0.4 is 10.3 Å². The van der Waals surface area contributed by atoms with Crippen LogP contribution in [-0.2, 0) is 16.6 Å². The Labute approximate surface area is 185 Å². The quantitative estimate of drug-likeness (QED) is 0.440. The van der Waals surface area contributed by atoms with Gasteiger partial charge in [-0.3, -0.25) is 14.1 Å². The predicted octanol–water partition coefficient (Wildman–Crippen LogP) is 3.69. The number of aryl methyl sites for hydroxylation is 1. The van der Waals surface area contributed by atoms with E-state index in [0.29, 0.717) is 28.2 Å². The van der Waals surface area contributed by atoms with Gasteiger partial charge in [-0.25, -0.2) is 14.5 Å². The molecule has 1 unspecified atom stereocenters. The van der Waals surface area contributed by atoms with Crippen molar-refractivity contribution in [2.75, 3.05) is 13.4 Å². The Morgan fingerprint density at radius 2 is 1.88 bits per heavy atom. The van der Waals surface area contributed by atoms with Crippen molar-refractivity contribution in [3.63, 3.8) is 0 Å². The molecule has 1 atom stereocenters. The van der Waals surface area contributed by atoms with Crippen molar-refractivity contribution in [1.82, 2.24) is 19.6 Å². The maximum atomic E-state index is 13.6. The highest BCUT2D eigenvalue weighted by Gasteiger charge is 2.24. The van der Waals surface area contributed by atoms with Crippen molar-refractivity contribution in [3.8, 4) is 28.3 Å². The molecular weight excluding hydrogens is 428 g/mol. The summed E-state index contributed by atoms with van der Waals surface area (Å²) in [6, 6.07) is 15.0. The number of benzene rings is 2. The van der Waals surface area contributed by atoms with Crippen LogP contribution in [0.2, 0.25) is 0 Å². The molecule has 9 heteroatoms. The summed E-state index contributed by atoms with van der Waals surface area (Å²) in [6.45, 7) is 1.89. The molecule has 3 aromatic heterocycles. The molecule has 3 heterocycles. The molecule has 0 amide bonds. The van der Waals surface area contributed by atoms with Gasteiger partial charge in [-0.1, -0.05) is 36.4 Å². The minimum atomic E-state index is -1.23. The average Bonchev–Trinajstić information content (AvgIpc) is 3.34. The van der Waals surface area contributed by atoms with Crippen molar-refractivity contribution in [3.05, 3.63) is 70.3 Å². The maximum absolute atomic E-state index is 13.6. The van der Waals surface area contributed by atoms with Crippen LogP contribution >= 0.6 is 0 Å². The number of oxazole rings is 1. The molecule has 0 aliphatic heterocycles. The number of hydrogen-bond donors (Lipinski definition) is 1. The molecule has 0 saturated heterocycles. The van der Waals surface area contributed by atoms with Gasteiger partial charge in [0.05, 0.1) is 18.6 Å². The lowest BCUT2D eigenvalue weighted by Crippen LogP contribution is -2.21. The molecule has 0 fully saturated rings. The van der Waals surface area contributed by atoms with Crippen molar-refractivity contribution in [2.24, 2.45) is 0 Å². The van der Waals surface area contributed by atoms with Gasteiger partial charge in [-0.2, -0.15) is 0 Å². The van der Waals surface area contributed by atoms with Gasteiger partial charge < -0.3 is 9.15 Å². The largest absolute Gasteiger partial charge is 0.494 e. The highest BCUT2D eigenvalue weighted by atomic mass is 32.2. The summed E-state index contributed by atoms with van der Waals surface area (Å²) in [5.74, 6) is 0.745. The number of hydrogen-bond acceptors (Lipinski definition) is 6. The molecular formula is C23H20N4O4S. The first kappa shape index (κ1) is 20.2. The van der Waals surface area contributed by atoms with Crippen LogP contribution in [0.25, 0.3) is 39.3 Å². The Kier molecular flexibility index (Phi) is 4.90. The fourth-order valence-electron chi connectivity index (χ4n) is 3.89. The summed E-state index contributed by atoms with van der Waals surface area (Å²) in [7, 11) is 0.311. The van der Waals surface area contributed by atoms with Gasteiger partial charge in [-0.15, -0.1) is 0 Å². The number of fused-ring (bicyclic) bond motifs is 2. The number of nitrogens with zero attached hydrogens (tertiary/aromatic N) is 3. The zero-order valence-corrected chi connectivity index (χ0v) is 18.5. The smallest absolute Gasteiger partial charge is 0.285 e. The molecule has 1 N–H and O–H groups in total. The van der Waals surface area contributed by atoms with E-state index in [1.807, 2.05) is 37.3 Å². The summed E-state index contributed by atoms with van der Waals surface area (Å²) in [5, 5.41) is 3.11. The van der Waals surface area contributed by atoms with E-state index in [-0.39, 0.29) is 22.8 Å². The van der Waals surface area contributed by atoms with Gasteiger partial charge in [0, 0.05) is 28.3 Å². The summed E-state index contributed by atoms with van der Waals surface area (Å²) in [4.78, 5) is 22.9. The van der Waals surface area contributed by atoms with Gasteiger partial charge in [0.15, 0.2) is 16.7 Å². The van der Waals surface area contributed by atoms with Gasteiger partial charge in [0.25, 0.3) is 5.56 Å². The first-order chi connectivity index (χ1) is 15.5. The lowest BCUT2D eigenvalue weighted by molar-refractivity contribution is 0.419. The lowest BCUT2D eigenvalue weighted by atomic mass is 10.1. The molecule has 5 rings (SSSR count). The number of para-hydroxylation sites is 1. The molecule has 0 spiro atoms. The topological polar surface area (TPSA) is 102 Å². The van der Waals surface area contributed by atoms with Crippen LogP contribution in [0.5, 0.6) is 5.75 Å². The molecule has 0 bridgehead atoms. The summed E-state index contributed by atoms with van der Waals surface area (Å²) in [6.07, 6.45) is 1.57. The summed E-state index contributed by atoms with van der Waals surface area (Å²) in [5.41, 5.74) is 4.18. The second-order valence-electron chi connectivity index (χ2n) is 7.42. The van der Waals surface area contributed by atoms with Crippen LogP contribution in [0.4, 0.5) is 0 Å². The molecule has 0 aliphatic carbocycles. The molecule has 2 aromatic carbocycles. The van der Waals surface area contributed by atoms with Crippen molar-refractivity contribution in [1.29, 1.82) is 0 Å². The minimum Gasteiger partial charge on any atom is -0.494 e. The van der Waals surface area contributed by atoms with Gasteiger partial charge >= 0.3 is 0 Å². The van der Waals surface area contributed by atoms with Gasteiger partial charge in [-0.05, 0) is 24.6 Å². The molecule has 0 saturated carbocycles. The van der Waals surface area contributed by atoms with Crippen molar-refractivity contribution in [2.45, 2.75) is 12.7 Å². The maximum Gasteiger partial charge on any atom is 0.285 e. The van der Waals surface area contributed by atoms with Crippen molar-refractivity contribution >= 4 is 27.5 Å². The first-order valence-electron chi connectivity index (χ1n) is 9.91. The van der Waals surface area contributed by atoms with Crippen LogP contribution in [0.15, 0.2) is 57.7 Å². The average molecular weight is 449 g/mol. The Morgan fingerprint density at radius 3 is 2.59 bits per heavy atom. The van der Waals surface area contributed by atoms with E-state index in [1.54, 1.807) is 31.6 Å². The predicted molar refractivity (Wildman–Crippen MR) is 123 cm³/mol. The van der Waals surface area contributed by atoms with Gasteiger partial charge in [0.2, 0.25) is 5.89 Å². The fourth-order valence-corrected chi connectivity index (χ4v) is 4.48. The molecule has 0 aliphatic rings. The molecule has 0 radical (unpaired) electrons. The fraction of sp³-hybridized carbons (Fsp3) is 0.174. The van der Waals surface area contributed by atoms with E-state index in [2.05, 4.69) is 10.1 Å². The SMILES string of the molecule is COc1cccc2oc(-c3c(CS(C)=O)nc4c(-c5ccccc5)c(C)[nH]n4c3=O)nc12. The van der Waals surface area contributed by atoms with E-state index in [4.69, 9.17) is 14.1 Å².